The highest BCUT2D eigenvalue weighted by atomic mass is 79.9. The van der Waals surface area contributed by atoms with E-state index < -0.39 is 0 Å². The SMILES string of the molecule is Nc1nc(N)c2ncn(CCBr)c2n1. The van der Waals surface area contributed by atoms with Crippen LogP contribution in [0.2, 0.25) is 0 Å². The Bertz CT molecular complexity index is 464. The van der Waals surface area contributed by atoms with Crippen LogP contribution in [0.5, 0.6) is 0 Å². The molecule has 7 heteroatoms. The van der Waals surface area contributed by atoms with Crippen LogP contribution in [0.15, 0.2) is 6.33 Å². The van der Waals surface area contributed by atoms with Gasteiger partial charge < -0.3 is 16.0 Å². The number of rotatable bonds is 2. The Balaban J connectivity index is 2.66. The van der Waals surface area contributed by atoms with E-state index in [4.69, 9.17) is 11.5 Å². The molecular formula is C7H9BrN6. The Morgan fingerprint density at radius 2 is 2.14 bits per heavy atom. The number of aromatic nitrogens is 4. The quantitative estimate of drug-likeness (QED) is 0.758. The van der Waals surface area contributed by atoms with Gasteiger partial charge in [-0.25, -0.2) is 4.98 Å². The monoisotopic (exact) mass is 256 g/mol. The molecule has 0 atom stereocenters. The van der Waals surface area contributed by atoms with Gasteiger partial charge in [0.05, 0.1) is 6.33 Å². The average molecular weight is 257 g/mol. The van der Waals surface area contributed by atoms with E-state index in [1.807, 2.05) is 4.57 Å². The van der Waals surface area contributed by atoms with E-state index in [-0.39, 0.29) is 5.95 Å². The Morgan fingerprint density at radius 3 is 2.86 bits per heavy atom. The van der Waals surface area contributed by atoms with Crippen molar-refractivity contribution in [3.63, 3.8) is 0 Å². The van der Waals surface area contributed by atoms with Gasteiger partial charge in [-0.05, 0) is 0 Å². The zero-order valence-electron chi connectivity index (χ0n) is 7.31. The van der Waals surface area contributed by atoms with E-state index in [1.54, 1.807) is 6.33 Å². The van der Waals surface area contributed by atoms with Crippen LogP contribution in [-0.4, -0.2) is 24.8 Å². The summed E-state index contributed by atoms with van der Waals surface area (Å²) in [5.74, 6) is 0.493. The number of halogens is 1. The number of nitrogen functional groups attached to an aromatic ring is 2. The van der Waals surface area contributed by atoms with E-state index in [0.29, 0.717) is 17.0 Å². The van der Waals surface area contributed by atoms with Crippen LogP contribution in [0.1, 0.15) is 0 Å². The number of hydrogen-bond acceptors (Lipinski definition) is 5. The normalized spacial score (nSPS) is 10.9. The molecular weight excluding hydrogens is 248 g/mol. The van der Waals surface area contributed by atoms with Crippen molar-refractivity contribution in [2.24, 2.45) is 0 Å². The van der Waals surface area contributed by atoms with Crippen molar-refractivity contribution in [1.82, 2.24) is 19.5 Å². The lowest BCUT2D eigenvalue weighted by atomic mass is 10.5. The number of nitrogens with two attached hydrogens (primary N) is 2. The molecule has 0 unspecified atom stereocenters. The van der Waals surface area contributed by atoms with Gasteiger partial charge in [-0.2, -0.15) is 9.97 Å². The minimum absolute atomic E-state index is 0.173. The highest BCUT2D eigenvalue weighted by Gasteiger charge is 2.08. The number of nitrogens with zero attached hydrogens (tertiary/aromatic N) is 4. The van der Waals surface area contributed by atoms with Gasteiger partial charge in [0.25, 0.3) is 0 Å². The lowest BCUT2D eigenvalue weighted by molar-refractivity contribution is 0.791. The summed E-state index contributed by atoms with van der Waals surface area (Å²) in [6.45, 7) is 0.770. The molecule has 0 spiro atoms. The molecule has 2 heterocycles. The lowest BCUT2D eigenvalue weighted by Gasteiger charge is -2.00. The van der Waals surface area contributed by atoms with Crippen LogP contribution in [0.4, 0.5) is 11.8 Å². The zero-order valence-corrected chi connectivity index (χ0v) is 8.90. The molecule has 0 aromatic carbocycles. The Hall–Kier alpha value is -1.37. The standard InChI is InChI=1S/C7H9BrN6/c8-1-2-14-3-11-4-5(9)12-7(10)13-6(4)14/h3H,1-2H2,(H4,9,10,12,13). The highest BCUT2D eigenvalue weighted by Crippen LogP contribution is 2.16. The maximum atomic E-state index is 5.65. The third kappa shape index (κ3) is 1.39. The van der Waals surface area contributed by atoms with Crippen molar-refractivity contribution in [2.75, 3.05) is 16.8 Å². The molecule has 2 rings (SSSR count). The maximum Gasteiger partial charge on any atom is 0.224 e. The molecule has 74 valence electrons. The smallest absolute Gasteiger partial charge is 0.224 e. The van der Waals surface area contributed by atoms with Crippen molar-refractivity contribution < 1.29 is 0 Å². The van der Waals surface area contributed by atoms with Gasteiger partial charge in [0, 0.05) is 11.9 Å². The van der Waals surface area contributed by atoms with Crippen LogP contribution in [0.25, 0.3) is 11.2 Å². The second-order valence-corrected chi connectivity index (χ2v) is 3.56. The summed E-state index contributed by atoms with van der Waals surface area (Å²) in [5.41, 5.74) is 12.4. The third-order valence-corrected chi connectivity index (χ3v) is 2.19. The molecule has 2 aromatic rings. The third-order valence-electron chi connectivity index (χ3n) is 1.83. The first-order valence-electron chi connectivity index (χ1n) is 4.02. The van der Waals surface area contributed by atoms with Crippen molar-refractivity contribution in [3.8, 4) is 0 Å². The fraction of sp³-hybridized carbons (Fsp3) is 0.286. The molecule has 0 fully saturated rings. The predicted molar refractivity (Wildman–Crippen MR) is 57.9 cm³/mol. The maximum absolute atomic E-state index is 5.65. The predicted octanol–water partition coefficient (Wildman–Crippen LogP) is 0.386. The topological polar surface area (TPSA) is 95.6 Å². The van der Waals surface area contributed by atoms with Gasteiger partial charge in [-0.1, -0.05) is 15.9 Å². The first kappa shape index (κ1) is 9.20. The molecule has 14 heavy (non-hydrogen) atoms. The number of anilines is 2. The number of aryl methyl sites for hydroxylation is 1. The molecule has 0 aliphatic rings. The summed E-state index contributed by atoms with van der Waals surface area (Å²) in [6, 6.07) is 0. The molecule has 0 saturated heterocycles. The minimum Gasteiger partial charge on any atom is -0.382 e. The van der Waals surface area contributed by atoms with Crippen molar-refractivity contribution in [1.29, 1.82) is 0 Å². The summed E-state index contributed by atoms with van der Waals surface area (Å²) >= 11 is 3.34. The Labute approximate surface area is 88.5 Å². The highest BCUT2D eigenvalue weighted by molar-refractivity contribution is 9.09. The minimum atomic E-state index is 0.173. The van der Waals surface area contributed by atoms with Crippen LogP contribution in [0.3, 0.4) is 0 Å². The van der Waals surface area contributed by atoms with Crippen LogP contribution >= 0.6 is 15.9 Å². The van der Waals surface area contributed by atoms with Crippen molar-refractivity contribution in [3.05, 3.63) is 6.33 Å². The van der Waals surface area contributed by atoms with Gasteiger partial charge in [0.2, 0.25) is 5.95 Å². The van der Waals surface area contributed by atoms with Gasteiger partial charge in [0.1, 0.15) is 5.52 Å². The van der Waals surface area contributed by atoms with Crippen LogP contribution in [0, 0.1) is 0 Å². The molecule has 0 bridgehead atoms. The van der Waals surface area contributed by atoms with Crippen molar-refractivity contribution in [2.45, 2.75) is 6.54 Å². The number of imidazole rings is 1. The first-order valence-corrected chi connectivity index (χ1v) is 5.14. The second kappa shape index (κ2) is 3.41. The number of hydrogen-bond donors (Lipinski definition) is 2. The molecule has 0 aliphatic carbocycles. The molecule has 6 nitrogen and oxygen atoms in total. The largest absolute Gasteiger partial charge is 0.382 e. The number of alkyl halides is 1. The van der Waals surface area contributed by atoms with Crippen LogP contribution in [-0.2, 0) is 6.54 Å². The summed E-state index contributed by atoms with van der Waals surface area (Å²) in [6.07, 6.45) is 1.68. The molecule has 0 saturated carbocycles. The van der Waals surface area contributed by atoms with Crippen LogP contribution < -0.4 is 11.5 Å². The van der Waals surface area contributed by atoms with Crippen molar-refractivity contribution >= 4 is 38.9 Å². The van der Waals surface area contributed by atoms with E-state index in [0.717, 1.165) is 11.9 Å². The molecule has 0 amide bonds. The van der Waals surface area contributed by atoms with E-state index in [2.05, 4.69) is 30.9 Å². The second-order valence-electron chi connectivity index (χ2n) is 2.77. The van der Waals surface area contributed by atoms with E-state index in [9.17, 15) is 0 Å². The lowest BCUT2D eigenvalue weighted by Crippen LogP contribution is -2.03. The molecule has 2 aromatic heterocycles. The van der Waals surface area contributed by atoms with Gasteiger partial charge in [-0.15, -0.1) is 0 Å². The van der Waals surface area contributed by atoms with E-state index >= 15 is 0 Å². The summed E-state index contributed by atoms with van der Waals surface area (Å²) in [5, 5.41) is 0.822. The molecule has 0 radical (unpaired) electrons. The average Bonchev–Trinajstić information content (AvgIpc) is 2.49. The van der Waals surface area contributed by atoms with Gasteiger partial charge in [0.15, 0.2) is 11.5 Å². The first-order chi connectivity index (χ1) is 6.72. The van der Waals surface area contributed by atoms with Gasteiger partial charge >= 0.3 is 0 Å². The molecule has 0 aliphatic heterocycles. The number of fused-ring (bicyclic) bond motifs is 1. The molecule has 4 N–H and O–H groups in total. The van der Waals surface area contributed by atoms with E-state index in [1.165, 1.54) is 0 Å². The summed E-state index contributed by atoms with van der Waals surface area (Å²) < 4.78 is 1.87. The fourth-order valence-electron chi connectivity index (χ4n) is 1.24. The Kier molecular flexibility index (Phi) is 2.24. The van der Waals surface area contributed by atoms with Gasteiger partial charge in [-0.3, -0.25) is 0 Å². The zero-order chi connectivity index (χ0) is 10.1. The summed E-state index contributed by atoms with van der Waals surface area (Å²) in [7, 11) is 0. The summed E-state index contributed by atoms with van der Waals surface area (Å²) in [4.78, 5) is 12.0. The Morgan fingerprint density at radius 1 is 1.36 bits per heavy atom. The fourth-order valence-corrected chi connectivity index (χ4v) is 1.62.